The number of benzene rings is 1. The van der Waals surface area contributed by atoms with Crippen molar-refractivity contribution in [1.29, 1.82) is 0 Å². The summed E-state index contributed by atoms with van der Waals surface area (Å²) in [6, 6.07) is 7.09. The summed E-state index contributed by atoms with van der Waals surface area (Å²) in [6.07, 6.45) is 0. The van der Waals surface area contributed by atoms with E-state index in [1.54, 1.807) is 18.2 Å². The molecule has 0 bridgehead atoms. The molecule has 0 aromatic heterocycles. The first-order chi connectivity index (χ1) is 9.56. The number of carbonyl (C=O) groups excluding carboxylic acids is 2. The topological polar surface area (TPSA) is 67.4 Å². The van der Waals surface area contributed by atoms with Crippen molar-refractivity contribution in [2.75, 3.05) is 19.7 Å². The first-order valence-electron chi connectivity index (χ1n) is 6.84. The molecular formula is C15H22N2O3. The lowest BCUT2D eigenvalue weighted by atomic mass is 10.2. The fraction of sp³-hybridized carbons (Fsp3) is 0.467. The third-order valence-corrected chi connectivity index (χ3v) is 2.67. The van der Waals surface area contributed by atoms with Crippen molar-refractivity contribution in [2.45, 2.75) is 20.8 Å². The van der Waals surface area contributed by atoms with Crippen LogP contribution in [0, 0.1) is 5.92 Å². The summed E-state index contributed by atoms with van der Waals surface area (Å²) in [5.41, 5.74) is 0.504. The van der Waals surface area contributed by atoms with E-state index in [0.717, 1.165) is 0 Å². The Morgan fingerprint density at radius 1 is 1.15 bits per heavy atom. The second-order valence-electron chi connectivity index (χ2n) is 4.63. The second kappa shape index (κ2) is 8.19. The summed E-state index contributed by atoms with van der Waals surface area (Å²) in [5, 5.41) is 5.50. The van der Waals surface area contributed by atoms with Crippen LogP contribution in [0.3, 0.4) is 0 Å². The van der Waals surface area contributed by atoms with Crippen LogP contribution in [0.5, 0.6) is 5.75 Å². The molecule has 0 atom stereocenters. The van der Waals surface area contributed by atoms with Crippen molar-refractivity contribution in [3.05, 3.63) is 29.8 Å². The highest BCUT2D eigenvalue weighted by atomic mass is 16.5. The molecule has 0 aliphatic rings. The highest BCUT2D eigenvalue weighted by molar-refractivity contribution is 5.96. The van der Waals surface area contributed by atoms with Crippen molar-refractivity contribution in [2.24, 2.45) is 5.92 Å². The minimum atomic E-state index is -0.201. The predicted molar refractivity (Wildman–Crippen MR) is 77.8 cm³/mol. The van der Waals surface area contributed by atoms with Crippen LogP contribution in [-0.4, -0.2) is 31.5 Å². The van der Waals surface area contributed by atoms with E-state index in [1.807, 2.05) is 26.8 Å². The van der Waals surface area contributed by atoms with Gasteiger partial charge in [0.05, 0.1) is 12.2 Å². The van der Waals surface area contributed by atoms with Gasteiger partial charge in [-0.25, -0.2) is 0 Å². The van der Waals surface area contributed by atoms with Gasteiger partial charge in [-0.3, -0.25) is 9.59 Å². The lowest BCUT2D eigenvalue weighted by molar-refractivity contribution is -0.123. The standard InChI is InChI=1S/C15H22N2O3/c1-4-20-13-8-6-5-7-12(13)15(19)17-10-9-16-14(18)11(2)3/h5-8,11H,4,9-10H2,1-3H3,(H,16,18)(H,17,19). The van der Waals surface area contributed by atoms with E-state index in [4.69, 9.17) is 4.74 Å². The van der Waals surface area contributed by atoms with Gasteiger partial charge in [-0.15, -0.1) is 0 Å². The summed E-state index contributed by atoms with van der Waals surface area (Å²) in [7, 11) is 0. The number of carbonyl (C=O) groups is 2. The molecule has 20 heavy (non-hydrogen) atoms. The minimum Gasteiger partial charge on any atom is -0.493 e. The molecule has 110 valence electrons. The molecule has 0 heterocycles. The van der Waals surface area contributed by atoms with Gasteiger partial charge in [0.15, 0.2) is 0 Å². The Balaban J connectivity index is 2.45. The number of ether oxygens (including phenoxy) is 1. The van der Waals surface area contributed by atoms with Gasteiger partial charge < -0.3 is 15.4 Å². The maximum absolute atomic E-state index is 12.0. The van der Waals surface area contributed by atoms with Crippen LogP contribution in [0.4, 0.5) is 0 Å². The molecule has 1 rings (SSSR count). The molecule has 0 aliphatic heterocycles. The molecule has 0 radical (unpaired) electrons. The van der Waals surface area contributed by atoms with Crippen molar-refractivity contribution in [3.8, 4) is 5.75 Å². The summed E-state index contributed by atoms with van der Waals surface area (Å²) >= 11 is 0. The van der Waals surface area contributed by atoms with Gasteiger partial charge in [0.1, 0.15) is 5.75 Å². The largest absolute Gasteiger partial charge is 0.493 e. The number of para-hydroxylation sites is 1. The van der Waals surface area contributed by atoms with Crippen LogP contribution in [0.25, 0.3) is 0 Å². The van der Waals surface area contributed by atoms with Crippen LogP contribution in [0.2, 0.25) is 0 Å². The molecule has 0 spiro atoms. The van der Waals surface area contributed by atoms with Crippen LogP contribution in [0.15, 0.2) is 24.3 Å². The number of rotatable bonds is 7. The molecule has 5 nitrogen and oxygen atoms in total. The lowest BCUT2D eigenvalue weighted by Gasteiger charge is -2.11. The zero-order valence-electron chi connectivity index (χ0n) is 12.2. The fourth-order valence-electron chi connectivity index (χ4n) is 1.60. The first kappa shape index (κ1) is 16.0. The average Bonchev–Trinajstić information content (AvgIpc) is 2.44. The Hall–Kier alpha value is -2.04. The van der Waals surface area contributed by atoms with Crippen molar-refractivity contribution < 1.29 is 14.3 Å². The molecule has 0 aliphatic carbocycles. The Bertz CT molecular complexity index is 458. The Morgan fingerprint density at radius 2 is 1.80 bits per heavy atom. The minimum absolute atomic E-state index is 0.0195. The van der Waals surface area contributed by atoms with Crippen LogP contribution in [-0.2, 0) is 4.79 Å². The van der Waals surface area contributed by atoms with Crippen LogP contribution < -0.4 is 15.4 Å². The van der Waals surface area contributed by atoms with Crippen molar-refractivity contribution in [1.82, 2.24) is 10.6 Å². The zero-order valence-corrected chi connectivity index (χ0v) is 12.2. The zero-order chi connectivity index (χ0) is 15.0. The van der Waals surface area contributed by atoms with E-state index in [9.17, 15) is 9.59 Å². The second-order valence-corrected chi connectivity index (χ2v) is 4.63. The maximum Gasteiger partial charge on any atom is 0.255 e. The molecular weight excluding hydrogens is 256 g/mol. The van der Waals surface area contributed by atoms with E-state index >= 15 is 0 Å². The lowest BCUT2D eigenvalue weighted by Crippen LogP contribution is -2.36. The summed E-state index contributed by atoms with van der Waals surface area (Å²) in [5.74, 6) is 0.296. The molecule has 0 saturated heterocycles. The molecule has 0 fully saturated rings. The van der Waals surface area contributed by atoms with Gasteiger partial charge in [0, 0.05) is 19.0 Å². The fourth-order valence-corrected chi connectivity index (χ4v) is 1.60. The first-order valence-corrected chi connectivity index (χ1v) is 6.84. The molecule has 2 N–H and O–H groups in total. The van der Waals surface area contributed by atoms with E-state index in [0.29, 0.717) is 31.0 Å². The normalized spacial score (nSPS) is 10.2. The monoisotopic (exact) mass is 278 g/mol. The summed E-state index contributed by atoms with van der Waals surface area (Å²) < 4.78 is 5.40. The number of hydrogen-bond donors (Lipinski definition) is 2. The number of amides is 2. The Morgan fingerprint density at radius 3 is 2.45 bits per heavy atom. The summed E-state index contributed by atoms with van der Waals surface area (Å²) in [4.78, 5) is 23.4. The highest BCUT2D eigenvalue weighted by Crippen LogP contribution is 2.17. The molecule has 0 unspecified atom stereocenters. The third-order valence-electron chi connectivity index (χ3n) is 2.67. The summed E-state index contributed by atoms with van der Waals surface area (Å²) in [6.45, 7) is 6.83. The number of hydrogen-bond acceptors (Lipinski definition) is 3. The molecule has 0 saturated carbocycles. The van der Waals surface area contributed by atoms with Gasteiger partial charge in [-0.2, -0.15) is 0 Å². The molecule has 1 aromatic carbocycles. The maximum atomic E-state index is 12.0. The predicted octanol–water partition coefficient (Wildman–Crippen LogP) is 1.59. The van der Waals surface area contributed by atoms with Gasteiger partial charge in [0.25, 0.3) is 5.91 Å². The molecule has 5 heteroatoms. The molecule has 1 aromatic rings. The van der Waals surface area contributed by atoms with Crippen molar-refractivity contribution >= 4 is 11.8 Å². The third kappa shape index (κ3) is 4.91. The van der Waals surface area contributed by atoms with E-state index in [2.05, 4.69) is 10.6 Å². The number of nitrogens with one attached hydrogen (secondary N) is 2. The SMILES string of the molecule is CCOc1ccccc1C(=O)NCCNC(=O)C(C)C. The van der Waals surface area contributed by atoms with E-state index in [1.165, 1.54) is 0 Å². The highest BCUT2D eigenvalue weighted by Gasteiger charge is 2.11. The smallest absolute Gasteiger partial charge is 0.255 e. The van der Waals surface area contributed by atoms with Gasteiger partial charge in [-0.05, 0) is 19.1 Å². The average molecular weight is 278 g/mol. The van der Waals surface area contributed by atoms with Gasteiger partial charge in [0.2, 0.25) is 5.91 Å². The quantitative estimate of drug-likeness (QED) is 0.744. The Kier molecular flexibility index (Phi) is 6.56. The van der Waals surface area contributed by atoms with Gasteiger partial charge >= 0.3 is 0 Å². The van der Waals surface area contributed by atoms with Gasteiger partial charge in [-0.1, -0.05) is 26.0 Å². The van der Waals surface area contributed by atoms with Crippen LogP contribution >= 0.6 is 0 Å². The van der Waals surface area contributed by atoms with Crippen molar-refractivity contribution in [3.63, 3.8) is 0 Å². The van der Waals surface area contributed by atoms with E-state index < -0.39 is 0 Å². The van der Waals surface area contributed by atoms with E-state index in [-0.39, 0.29) is 17.7 Å². The molecule has 2 amide bonds. The van der Waals surface area contributed by atoms with Crippen LogP contribution in [0.1, 0.15) is 31.1 Å². The Labute approximate surface area is 119 Å².